The number of carbonyl (C=O) groups is 1. The number of carbonyl (C=O) groups excluding carboxylic acids is 1. The van der Waals surface area contributed by atoms with Crippen LogP contribution in [0.5, 0.6) is 0 Å². The van der Waals surface area contributed by atoms with Gasteiger partial charge in [0.05, 0.1) is 6.07 Å². The zero-order valence-corrected chi connectivity index (χ0v) is 10.5. The molecule has 0 N–H and O–H groups in total. The lowest BCUT2D eigenvalue weighted by Crippen LogP contribution is -2.34. The van der Waals surface area contributed by atoms with E-state index in [9.17, 15) is 4.79 Å². The maximum atomic E-state index is 12.2. The molecule has 0 bridgehead atoms. The summed E-state index contributed by atoms with van der Waals surface area (Å²) >= 11 is 1.65. The minimum absolute atomic E-state index is 0.0262. The molecule has 1 unspecified atom stereocenters. The lowest BCUT2D eigenvalue weighted by molar-refractivity contribution is 0.0765. The van der Waals surface area contributed by atoms with Crippen molar-refractivity contribution in [2.75, 3.05) is 12.8 Å². The number of nitriles is 1. The van der Waals surface area contributed by atoms with Crippen molar-refractivity contribution in [3.8, 4) is 6.07 Å². The average Bonchev–Trinajstić information content (AvgIpc) is 2.86. The van der Waals surface area contributed by atoms with Gasteiger partial charge < -0.3 is 4.90 Å². The molecule has 0 spiro atoms. The van der Waals surface area contributed by atoms with E-state index in [2.05, 4.69) is 6.07 Å². The number of hydrogen-bond donors (Lipinski definition) is 0. The summed E-state index contributed by atoms with van der Waals surface area (Å²) in [5.41, 5.74) is 0.671. The lowest BCUT2D eigenvalue weighted by Gasteiger charge is -2.19. The predicted octanol–water partition coefficient (Wildman–Crippen LogP) is 2.54. The van der Waals surface area contributed by atoms with Crippen LogP contribution in [0.2, 0.25) is 0 Å². The van der Waals surface area contributed by atoms with Crippen molar-refractivity contribution in [2.45, 2.75) is 23.8 Å². The first-order valence-electron chi connectivity index (χ1n) is 5.61. The Labute approximate surface area is 105 Å². The molecule has 0 aliphatic carbocycles. The van der Waals surface area contributed by atoms with E-state index in [1.165, 1.54) is 0 Å². The number of rotatable bonds is 2. The van der Waals surface area contributed by atoms with E-state index in [4.69, 9.17) is 5.26 Å². The van der Waals surface area contributed by atoms with Crippen molar-refractivity contribution in [1.29, 1.82) is 5.26 Å². The van der Waals surface area contributed by atoms with Gasteiger partial charge in [-0.2, -0.15) is 5.26 Å². The van der Waals surface area contributed by atoms with E-state index in [1.54, 1.807) is 16.7 Å². The molecule has 2 rings (SSSR count). The summed E-state index contributed by atoms with van der Waals surface area (Å²) in [6.45, 7) is 0.696. The number of nitrogens with zero attached hydrogens (tertiary/aromatic N) is 2. The molecule has 1 aromatic carbocycles. The largest absolute Gasteiger partial charge is 0.323 e. The topological polar surface area (TPSA) is 44.1 Å². The first-order valence-corrected chi connectivity index (χ1v) is 6.83. The van der Waals surface area contributed by atoms with Crippen LogP contribution in [-0.4, -0.2) is 29.6 Å². The van der Waals surface area contributed by atoms with Gasteiger partial charge in [-0.25, -0.2) is 0 Å². The van der Waals surface area contributed by atoms with Gasteiger partial charge in [0.25, 0.3) is 5.91 Å². The quantitative estimate of drug-likeness (QED) is 0.753. The fraction of sp³-hybridized carbons (Fsp3) is 0.385. The van der Waals surface area contributed by atoms with E-state index < -0.39 is 0 Å². The molecular formula is C13H14N2OS. The highest BCUT2D eigenvalue weighted by Gasteiger charge is 2.28. The van der Waals surface area contributed by atoms with Crippen LogP contribution in [0.25, 0.3) is 0 Å². The third kappa shape index (κ3) is 2.45. The summed E-state index contributed by atoms with van der Waals surface area (Å²) in [5, 5.41) is 8.97. The standard InChI is InChI=1S/C13H14N2OS/c1-17-12-6-4-10(5-7-12)13(16)15-8-2-3-11(15)9-14/h4-7,11H,2-3,8H2,1H3. The maximum Gasteiger partial charge on any atom is 0.254 e. The second-order valence-electron chi connectivity index (χ2n) is 4.01. The van der Waals surface area contributed by atoms with Crippen LogP contribution in [0.4, 0.5) is 0 Å². The van der Waals surface area contributed by atoms with Crippen LogP contribution >= 0.6 is 11.8 Å². The van der Waals surface area contributed by atoms with Crippen LogP contribution in [0, 0.1) is 11.3 Å². The maximum absolute atomic E-state index is 12.2. The van der Waals surface area contributed by atoms with Gasteiger partial charge in [-0.05, 0) is 43.4 Å². The fourth-order valence-corrected chi connectivity index (χ4v) is 2.45. The molecule has 1 aromatic rings. The molecule has 1 saturated heterocycles. The zero-order chi connectivity index (χ0) is 12.3. The van der Waals surface area contributed by atoms with Crippen LogP contribution in [0.1, 0.15) is 23.2 Å². The Bertz CT molecular complexity index is 449. The first kappa shape index (κ1) is 12.0. The highest BCUT2D eigenvalue weighted by molar-refractivity contribution is 7.98. The highest BCUT2D eigenvalue weighted by atomic mass is 32.2. The van der Waals surface area contributed by atoms with Crippen LogP contribution < -0.4 is 0 Å². The second-order valence-corrected chi connectivity index (χ2v) is 4.89. The van der Waals surface area contributed by atoms with Crippen molar-refractivity contribution >= 4 is 17.7 Å². The minimum Gasteiger partial charge on any atom is -0.323 e. The van der Waals surface area contributed by atoms with Gasteiger partial charge in [0.2, 0.25) is 0 Å². The Morgan fingerprint density at radius 2 is 2.18 bits per heavy atom. The molecule has 3 nitrogen and oxygen atoms in total. The van der Waals surface area contributed by atoms with Crippen molar-refractivity contribution < 1.29 is 4.79 Å². The van der Waals surface area contributed by atoms with E-state index in [1.807, 2.05) is 30.5 Å². The van der Waals surface area contributed by atoms with E-state index in [0.717, 1.165) is 17.7 Å². The molecule has 4 heteroatoms. The molecular weight excluding hydrogens is 232 g/mol. The van der Waals surface area contributed by atoms with Gasteiger partial charge >= 0.3 is 0 Å². The molecule has 1 heterocycles. The number of amides is 1. The van der Waals surface area contributed by atoms with E-state index >= 15 is 0 Å². The monoisotopic (exact) mass is 246 g/mol. The summed E-state index contributed by atoms with van der Waals surface area (Å²) in [4.78, 5) is 15.0. The molecule has 1 aliphatic heterocycles. The molecule has 0 aromatic heterocycles. The van der Waals surface area contributed by atoms with Gasteiger partial charge in [-0.1, -0.05) is 0 Å². The number of likely N-dealkylation sites (tertiary alicyclic amines) is 1. The summed E-state index contributed by atoms with van der Waals surface area (Å²) in [6.07, 6.45) is 3.72. The van der Waals surface area contributed by atoms with E-state index in [-0.39, 0.29) is 11.9 Å². The van der Waals surface area contributed by atoms with Crippen molar-refractivity contribution in [1.82, 2.24) is 4.90 Å². The Balaban J connectivity index is 2.16. The summed E-state index contributed by atoms with van der Waals surface area (Å²) in [7, 11) is 0. The Morgan fingerprint density at radius 3 is 2.76 bits per heavy atom. The van der Waals surface area contributed by atoms with Crippen molar-refractivity contribution in [2.24, 2.45) is 0 Å². The lowest BCUT2D eigenvalue weighted by atomic mass is 10.2. The highest BCUT2D eigenvalue weighted by Crippen LogP contribution is 2.21. The SMILES string of the molecule is CSc1ccc(C(=O)N2CCCC2C#N)cc1. The fourth-order valence-electron chi connectivity index (χ4n) is 2.04. The first-order chi connectivity index (χ1) is 8.26. The third-order valence-electron chi connectivity index (χ3n) is 3.00. The summed E-state index contributed by atoms with van der Waals surface area (Å²) in [5.74, 6) is -0.0262. The van der Waals surface area contributed by atoms with Crippen LogP contribution in [0.3, 0.4) is 0 Å². The van der Waals surface area contributed by atoms with Crippen LogP contribution in [-0.2, 0) is 0 Å². The van der Waals surface area contributed by atoms with Crippen molar-refractivity contribution in [3.05, 3.63) is 29.8 Å². The summed E-state index contributed by atoms with van der Waals surface area (Å²) in [6, 6.07) is 9.49. The van der Waals surface area contributed by atoms with Crippen LogP contribution in [0.15, 0.2) is 29.2 Å². The Morgan fingerprint density at radius 1 is 1.47 bits per heavy atom. The van der Waals surface area contributed by atoms with Gasteiger partial charge in [0, 0.05) is 17.0 Å². The average molecular weight is 246 g/mol. The van der Waals surface area contributed by atoms with Crippen molar-refractivity contribution in [3.63, 3.8) is 0 Å². The minimum atomic E-state index is -0.247. The number of benzene rings is 1. The van der Waals surface area contributed by atoms with Gasteiger partial charge in [-0.3, -0.25) is 4.79 Å². The Hall–Kier alpha value is -1.47. The predicted molar refractivity (Wildman–Crippen MR) is 67.9 cm³/mol. The molecule has 1 atom stereocenters. The van der Waals surface area contributed by atoms with Gasteiger partial charge in [-0.15, -0.1) is 11.8 Å². The van der Waals surface area contributed by atoms with Gasteiger partial charge in [0.15, 0.2) is 0 Å². The smallest absolute Gasteiger partial charge is 0.254 e. The molecule has 1 amide bonds. The molecule has 88 valence electrons. The molecule has 17 heavy (non-hydrogen) atoms. The number of hydrogen-bond acceptors (Lipinski definition) is 3. The molecule has 0 saturated carbocycles. The molecule has 1 fully saturated rings. The summed E-state index contributed by atoms with van der Waals surface area (Å²) < 4.78 is 0. The Kier molecular flexibility index (Phi) is 3.70. The van der Waals surface area contributed by atoms with E-state index in [0.29, 0.717) is 12.1 Å². The number of thioether (sulfide) groups is 1. The zero-order valence-electron chi connectivity index (χ0n) is 9.72. The molecule has 1 aliphatic rings. The third-order valence-corrected chi connectivity index (χ3v) is 3.74. The second kappa shape index (κ2) is 5.24. The molecule has 0 radical (unpaired) electrons. The normalized spacial score (nSPS) is 19.1. The van der Waals surface area contributed by atoms with Gasteiger partial charge in [0.1, 0.15) is 6.04 Å².